The monoisotopic (exact) mass is 178 g/mol. The summed E-state index contributed by atoms with van der Waals surface area (Å²) < 4.78 is 5.13. The normalized spacial score (nSPS) is 25.7. The fourth-order valence-corrected chi connectivity index (χ4v) is 1.63. The van der Waals surface area contributed by atoms with Gasteiger partial charge in [-0.2, -0.15) is 0 Å². The van der Waals surface area contributed by atoms with E-state index in [-0.39, 0.29) is 0 Å². The van der Waals surface area contributed by atoms with Crippen LogP contribution in [-0.2, 0) is 0 Å². The van der Waals surface area contributed by atoms with Crippen LogP contribution in [0.3, 0.4) is 0 Å². The minimum Gasteiger partial charge on any atom is -0.497 e. The molecule has 2 rings (SSSR count). The van der Waals surface area contributed by atoms with E-state index in [0.29, 0.717) is 11.8 Å². The molecule has 0 unspecified atom stereocenters. The van der Waals surface area contributed by atoms with Crippen LogP contribution in [0, 0.1) is 5.92 Å². The van der Waals surface area contributed by atoms with Gasteiger partial charge in [-0.15, -0.1) is 0 Å². The smallest absolute Gasteiger partial charge is 0.122 e. The number of hydrogen-bond donors (Lipinski definition) is 1. The number of hydrogen-bond acceptors (Lipinski definition) is 3. The molecule has 1 aliphatic rings. The van der Waals surface area contributed by atoms with E-state index < -0.39 is 0 Å². The van der Waals surface area contributed by atoms with Gasteiger partial charge in [0.1, 0.15) is 5.75 Å². The zero-order valence-corrected chi connectivity index (χ0v) is 7.73. The highest BCUT2D eigenvalue weighted by molar-refractivity contribution is 5.28. The molecule has 1 fully saturated rings. The zero-order valence-electron chi connectivity index (χ0n) is 7.73. The molecule has 1 aliphatic carbocycles. The van der Waals surface area contributed by atoms with Crippen LogP contribution >= 0.6 is 0 Å². The molecule has 0 aliphatic heterocycles. The largest absolute Gasteiger partial charge is 0.497 e. The van der Waals surface area contributed by atoms with Crippen LogP contribution in [0.15, 0.2) is 18.3 Å². The van der Waals surface area contributed by atoms with E-state index in [1.54, 1.807) is 13.3 Å². The highest BCUT2D eigenvalue weighted by Gasteiger charge is 2.38. The third-order valence-electron chi connectivity index (χ3n) is 2.59. The first-order valence-electron chi connectivity index (χ1n) is 4.55. The van der Waals surface area contributed by atoms with Crippen molar-refractivity contribution in [2.45, 2.75) is 12.3 Å². The highest BCUT2D eigenvalue weighted by atomic mass is 16.5. The molecule has 0 spiro atoms. The summed E-state index contributed by atoms with van der Waals surface area (Å²) in [6.45, 7) is 0.767. The summed E-state index contributed by atoms with van der Waals surface area (Å²) in [6.07, 6.45) is 2.97. The molecular formula is C10H14N2O. The predicted molar refractivity (Wildman–Crippen MR) is 50.7 cm³/mol. The minimum atomic E-state index is 0.570. The van der Waals surface area contributed by atoms with Crippen molar-refractivity contribution in [2.24, 2.45) is 11.7 Å². The summed E-state index contributed by atoms with van der Waals surface area (Å²) in [6, 6.07) is 3.86. The van der Waals surface area contributed by atoms with Gasteiger partial charge in [0.15, 0.2) is 0 Å². The summed E-state index contributed by atoms with van der Waals surface area (Å²) in [7, 11) is 1.67. The maximum absolute atomic E-state index is 5.57. The Balaban J connectivity index is 2.13. The van der Waals surface area contributed by atoms with Crippen molar-refractivity contribution in [1.29, 1.82) is 0 Å². The molecule has 0 saturated heterocycles. The Morgan fingerprint density at radius 3 is 3.15 bits per heavy atom. The maximum atomic E-state index is 5.57. The first kappa shape index (κ1) is 8.51. The predicted octanol–water partition coefficient (Wildman–Crippen LogP) is 1.15. The molecule has 0 bridgehead atoms. The quantitative estimate of drug-likeness (QED) is 0.755. The van der Waals surface area contributed by atoms with Crippen molar-refractivity contribution in [3.63, 3.8) is 0 Å². The maximum Gasteiger partial charge on any atom is 0.122 e. The Morgan fingerprint density at radius 1 is 1.69 bits per heavy atom. The number of nitrogens with zero attached hydrogens (tertiary/aromatic N) is 1. The molecule has 2 N–H and O–H groups in total. The Labute approximate surface area is 77.9 Å². The molecule has 1 saturated carbocycles. The van der Waals surface area contributed by atoms with Gasteiger partial charge in [0.05, 0.1) is 7.11 Å². The second-order valence-corrected chi connectivity index (χ2v) is 3.46. The molecule has 1 aromatic rings. The molecule has 70 valence electrons. The van der Waals surface area contributed by atoms with E-state index in [9.17, 15) is 0 Å². The van der Waals surface area contributed by atoms with Gasteiger partial charge in [0, 0.05) is 23.9 Å². The fourth-order valence-electron chi connectivity index (χ4n) is 1.63. The lowest BCUT2D eigenvalue weighted by Crippen LogP contribution is -2.02. The van der Waals surface area contributed by atoms with Gasteiger partial charge in [-0.1, -0.05) is 0 Å². The van der Waals surface area contributed by atoms with E-state index in [4.69, 9.17) is 10.5 Å². The number of ether oxygens (including phenoxy) is 1. The van der Waals surface area contributed by atoms with Crippen molar-refractivity contribution in [3.05, 3.63) is 24.0 Å². The van der Waals surface area contributed by atoms with Gasteiger partial charge in [0.25, 0.3) is 0 Å². The van der Waals surface area contributed by atoms with Crippen LogP contribution in [0.4, 0.5) is 0 Å². The first-order chi connectivity index (χ1) is 6.35. The van der Waals surface area contributed by atoms with Gasteiger partial charge in [-0.05, 0) is 24.9 Å². The third-order valence-corrected chi connectivity index (χ3v) is 2.59. The Hall–Kier alpha value is -1.09. The van der Waals surface area contributed by atoms with E-state index in [1.807, 2.05) is 12.1 Å². The Kier molecular flexibility index (Phi) is 2.19. The molecule has 13 heavy (non-hydrogen) atoms. The number of aromatic nitrogens is 1. The molecule has 2 atom stereocenters. The lowest BCUT2D eigenvalue weighted by molar-refractivity contribution is 0.413. The van der Waals surface area contributed by atoms with Gasteiger partial charge < -0.3 is 10.5 Å². The minimum absolute atomic E-state index is 0.570. The number of pyridine rings is 1. The van der Waals surface area contributed by atoms with E-state index in [2.05, 4.69) is 4.98 Å². The summed E-state index contributed by atoms with van der Waals surface area (Å²) in [5, 5.41) is 0. The van der Waals surface area contributed by atoms with Crippen LogP contribution in [0.25, 0.3) is 0 Å². The second-order valence-electron chi connectivity index (χ2n) is 3.46. The van der Waals surface area contributed by atoms with Gasteiger partial charge in [-0.3, -0.25) is 4.98 Å². The summed E-state index contributed by atoms with van der Waals surface area (Å²) in [5.74, 6) is 2.09. The standard InChI is InChI=1S/C10H14N2O/c1-13-8-2-3-12-10(5-8)9-4-7(9)6-11/h2-3,5,7,9H,4,6,11H2,1H3/t7-,9+/m0/s1. The average Bonchev–Trinajstić information content (AvgIpc) is 2.97. The molecular weight excluding hydrogens is 164 g/mol. The van der Waals surface area contributed by atoms with Gasteiger partial charge in [0.2, 0.25) is 0 Å². The molecule has 1 heterocycles. The van der Waals surface area contributed by atoms with Gasteiger partial charge in [-0.25, -0.2) is 0 Å². The zero-order chi connectivity index (χ0) is 9.26. The van der Waals surface area contributed by atoms with E-state index in [0.717, 1.165) is 18.0 Å². The van der Waals surface area contributed by atoms with Crippen molar-refractivity contribution in [1.82, 2.24) is 4.98 Å². The molecule has 0 aromatic carbocycles. The highest BCUT2D eigenvalue weighted by Crippen LogP contribution is 2.46. The molecule has 1 aromatic heterocycles. The molecule has 0 radical (unpaired) electrons. The van der Waals surface area contributed by atoms with Crippen LogP contribution in [0.5, 0.6) is 5.75 Å². The molecule has 3 heteroatoms. The van der Waals surface area contributed by atoms with Crippen LogP contribution in [-0.4, -0.2) is 18.6 Å². The number of methoxy groups -OCH3 is 1. The summed E-state index contributed by atoms with van der Waals surface area (Å²) >= 11 is 0. The van der Waals surface area contributed by atoms with Crippen LogP contribution in [0.2, 0.25) is 0 Å². The summed E-state index contributed by atoms with van der Waals surface area (Å²) in [5.41, 5.74) is 6.69. The Bertz CT molecular complexity index is 301. The number of rotatable bonds is 3. The van der Waals surface area contributed by atoms with E-state index >= 15 is 0 Å². The van der Waals surface area contributed by atoms with Crippen molar-refractivity contribution in [2.75, 3.05) is 13.7 Å². The van der Waals surface area contributed by atoms with Gasteiger partial charge >= 0.3 is 0 Å². The van der Waals surface area contributed by atoms with Crippen LogP contribution < -0.4 is 10.5 Å². The second kappa shape index (κ2) is 3.34. The average molecular weight is 178 g/mol. The van der Waals surface area contributed by atoms with Crippen molar-refractivity contribution >= 4 is 0 Å². The summed E-state index contributed by atoms with van der Waals surface area (Å²) in [4.78, 5) is 4.31. The SMILES string of the molecule is COc1ccnc([C@@H]2C[C@H]2CN)c1. The first-order valence-corrected chi connectivity index (χ1v) is 4.55. The molecule has 0 amide bonds. The van der Waals surface area contributed by atoms with Crippen molar-refractivity contribution in [3.8, 4) is 5.75 Å². The van der Waals surface area contributed by atoms with Crippen LogP contribution in [0.1, 0.15) is 18.0 Å². The number of nitrogens with two attached hydrogens (primary N) is 1. The Morgan fingerprint density at radius 2 is 2.54 bits per heavy atom. The van der Waals surface area contributed by atoms with E-state index in [1.165, 1.54) is 6.42 Å². The fraction of sp³-hybridized carbons (Fsp3) is 0.500. The molecule has 3 nitrogen and oxygen atoms in total. The van der Waals surface area contributed by atoms with Crippen molar-refractivity contribution < 1.29 is 4.74 Å². The lowest BCUT2D eigenvalue weighted by atomic mass is 10.2. The lowest BCUT2D eigenvalue weighted by Gasteiger charge is -2.01. The topological polar surface area (TPSA) is 48.1 Å². The third kappa shape index (κ3) is 1.65.